The van der Waals surface area contributed by atoms with Crippen molar-refractivity contribution in [2.45, 2.75) is 33.2 Å². The molecule has 1 amide bonds. The average molecular weight is 235 g/mol. The van der Waals surface area contributed by atoms with Crippen molar-refractivity contribution in [2.24, 2.45) is 5.92 Å². The highest BCUT2D eigenvalue weighted by molar-refractivity contribution is 5.94. The van der Waals surface area contributed by atoms with Gasteiger partial charge in [0.1, 0.15) is 0 Å². The number of aryl methyl sites for hydroxylation is 1. The highest BCUT2D eigenvalue weighted by atomic mass is 16.3. The molecule has 0 radical (unpaired) electrons. The maximum atomic E-state index is 11.9. The molecule has 3 heteroatoms. The number of carbonyl (C=O) groups excluding carboxylic acids is 1. The second-order valence-electron chi connectivity index (χ2n) is 4.85. The van der Waals surface area contributed by atoms with Crippen LogP contribution in [-0.4, -0.2) is 23.7 Å². The number of carbonyl (C=O) groups is 1. The summed E-state index contributed by atoms with van der Waals surface area (Å²) in [5.41, 5.74) is 1.76. The van der Waals surface area contributed by atoms with Gasteiger partial charge in [0, 0.05) is 5.56 Å². The smallest absolute Gasteiger partial charge is 0.251 e. The van der Waals surface area contributed by atoms with Gasteiger partial charge in [0.15, 0.2) is 0 Å². The zero-order valence-electron chi connectivity index (χ0n) is 10.7. The number of nitrogens with one attached hydrogen (secondary N) is 1. The monoisotopic (exact) mass is 235 g/mol. The summed E-state index contributed by atoms with van der Waals surface area (Å²) >= 11 is 0. The van der Waals surface area contributed by atoms with Gasteiger partial charge in [0.2, 0.25) is 0 Å². The van der Waals surface area contributed by atoms with Crippen LogP contribution in [0.1, 0.15) is 36.2 Å². The van der Waals surface area contributed by atoms with Gasteiger partial charge in [-0.1, -0.05) is 31.5 Å². The molecule has 1 atom stereocenters. The van der Waals surface area contributed by atoms with Crippen LogP contribution in [0.2, 0.25) is 0 Å². The molecule has 0 saturated heterocycles. The lowest BCUT2D eigenvalue weighted by Gasteiger charge is -2.18. The Hall–Kier alpha value is -1.35. The number of rotatable bonds is 5. The Morgan fingerprint density at radius 1 is 1.29 bits per heavy atom. The molecule has 0 fully saturated rings. The fourth-order valence-electron chi connectivity index (χ4n) is 1.72. The Morgan fingerprint density at radius 2 is 1.88 bits per heavy atom. The van der Waals surface area contributed by atoms with E-state index in [1.165, 1.54) is 0 Å². The van der Waals surface area contributed by atoms with E-state index >= 15 is 0 Å². The van der Waals surface area contributed by atoms with E-state index in [4.69, 9.17) is 0 Å². The third kappa shape index (κ3) is 4.57. The zero-order chi connectivity index (χ0) is 12.8. The summed E-state index contributed by atoms with van der Waals surface area (Å²) < 4.78 is 0. The van der Waals surface area contributed by atoms with E-state index < -0.39 is 0 Å². The van der Waals surface area contributed by atoms with Crippen molar-refractivity contribution in [3.63, 3.8) is 0 Å². The highest BCUT2D eigenvalue weighted by Gasteiger charge is 2.13. The lowest BCUT2D eigenvalue weighted by atomic mass is 10.0. The van der Waals surface area contributed by atoms with Gasteiger partial charge in [-0.05, 0) is 31.4 Å². The summed E-state index contributed by atoms with van der Waals surface area (Å²) in [4.78, 5) is 11.9. The van der Waals surface area contributed by atoms with Gasteiger partial charge >= 0.3 is 0 Å². The van der Waals surface area contributed by atoms with E-state index in [1.54, 1.807) is 12.1 Å². The molecule has 0 aliphatic rings. The molecular weight excluding hydrogens is 214 g/mol. The van der Waals surface area contributed by atoms with Crippen LogP contribution < -0.4 is 5.32 Å². The van der Waals surface area contributed by atoms with Crippen LogP contribution in [0.4, 0.5) is 0 Å². The van der Waals surface area contributed by atoms with Crippen LogP contribution in [0.15, 0.2) is 24.3 Å². The maximum absolute atomic E-state index is 11.9. The molecule has 0 saturated carbocycles. The SMILES string of the molecule is Cc1ccc(C(=O)NC(CO)CC(C)C)cc1. The predicted molar refractivity (Wildman–Crippen MR) is 69.0 cm³/mol. The van der Waals surface area contributed by atoms with Crippen molar-refractivity contribution in [2.75, 3.05) is 6.61 Å². The molecule has 17 heavy (non-hydrogen) atoms. The van der Waals surface area contributed by atoms with Gasteiger partial charge in [0.25, 0.3) is 5.91 Å². The van der Waals surface area contributed by atoms with Crippen LogP contribution in [0, 0.1) is 12.8 Å². The summed E-state index contributed by atoms with van der Waals surface area (Å²) in [6, 6.07) is 7.25. The molecule has 0 heterocycles. The van der Waals surface area contributed by atoms with E-state index in [1.807, 2.05) is 19.1 Å². The Bertz CT molecular complexity index is 357. The molecular formula is C14H21NO2. The minimum Gasteiger partial charge on any atom is -0.394 e. The molecule has 0 bridgehead atoms. The molecule has 1 aromatic carbocycles. The fraction of sp³-hybridized carbons (Fsp3) is 0.500. The molecule has 0 aliphatic carbocycles. The summed E-state index contributed by atoms with van der Waals surface area (Å²) in [7, 11) is 0. The Balaban J connectivity index is 2.61. The number of aliphatic hydroxyl groups excluding tert-OH is 1. The Kier molecular flexibility index (Phi) is 5.16. The molecule has 0 aliphatic heterocycles. The summed E-state index contributed by atoms with van der Waals surface area (Å²) in [5, 5.41) is 12.0. The van der Waals surface area contributed by atoms with Crippen molar-refractivity contribution in [1.82, 2.24) is 5.32 Å². The first-order chi connectivity index (χ1) is 8.02. The number of aliphatic hydroxyl groups is 1. The Labute approximate surface area is 103 Å². The maximum Gasteiger partial charge on any atom is 0.251 e. The number of amides is 1. The lowest BCUT2D eigenvalue weighted by molar-refractivity contribution is 0.0908. The fourth-order valence-corrected chi connectivity index (χ4v) is 1.72. The van der Waals surface area contributed by atoms with Gasteiger partial charge in [-0.15, -0.1) is 0 Å². The molecule has 0 aromatic heterocycles. The van der Waals surface area contributed by atoms with E-state index in [0.717, 1.165) is 12.0 Å². The first-order valence-corrected chi connectivity index (χ1v) is 6.01. The van der Waals surface area contributed by atoms with Crippen molar-refractivity contribution < 1.29 is 9.90 Å². The van der Waals surface area contributed by atoms with E-state index in [-0.39, 0.29) is 18.6 Å². The molecule has 1 rings (SSSR count). The van der Waals surface area contributed by atoms with Crippen molar-refractivity contribution in [1.29, 1.82) is 0 Å². The van der Waals surface area contributed by atoms with Crippen LogP contribution in [0.5, 0.6) is 0 Å². The first-order valence-electron chi connectivity index (χ1n) is 6.01. The van der Waals surface area contributed by atoms with Gasteiger partial charge in [0.05, 0.1) is 12.6 Å². The average Bonchev–Trinajstić information content (AvgIpc) is 2.28. The van der Waals surface area contributed by atoms with Crippen molar-refractivity contribution >= 4 is 5.91 Å². The second-order valence-corrected chi connectivity index (χ2v) is 4.85. The highest BCUT2D eigenvalue weighted by Crippen LogP contribution is 2.07. The normalized spacial score (nSPS) is 12.5. The van der Waals surface area contributed by atoms with Crippen molar-refractivity contribution in [3.8, 4) is 0 Å². The van der Waals surface area contributed by atoms with Gasteiger partial charge in [-0.3, -0.25) is 4.79 Å². The van der Waals surface area contributed by atoms with Crippen LogP contribution in [-0.2, 0) is 0 Å². The molecule has 1 aromatic rings. The van der Waals surface area contributed by atoms with Gasteiger partial charge in [-0.25, -0.2) is 0 Å². The number of hydrogen-bond donors (Lipinski definition) is 2. The second kappa shape index (κ2) is 6.40. The molecule has 1 unspecified atom stereocenters. The number of hydrogen-bond acceptors (Lipinski definition) is 2. The summed E-state index contributed by atoms with van der Waals surface area (Å²) in [6.07, 6.45) is 0.786. The number of benzene rings is 1. The van der Waals surface area contributed by atoms with E-state index in [9.17, 15) is 9.90 Å². The molecule has 2 N–H and O–H groups in total. The predicted octanol–water partition coefficient (Wildman–Crippen LogP) is 2.13. The third-order valence-electron chi connectivity index (χ3n) is 2.63. The van der Waals surface area contributed by atoms with Crippen molar-refractivity contribution in [3.05, 3.63) is 35.4 Å². The van der Waals surface area contributed by atoms with Crippen LogP contribution >= 0.6 is 0 Å². The molecule has 94 valence electrons. The van der Waals surface area contributed by atoms with E-state index in [0.29, 0.717) is 11.5 Å². The minimum absolute atomic E-state index is 0.0181. The van der Waals surface area contributed by atoms with Gasteiger partial charge < -0.3 is 10.4 Å². The summed E-state index contributed by atoms with van der Waals surface area (Å²) in [6.45, 7) is 6.11. The van der Waals surface area contributed by atoms with E-state index in [2.05, 4.69) is 19.2 Å². The largest absolute Gasteiger partial charge is 0.394 e. The zero-order valence-corrected chi connectivity index (χ0v) is 10.7. The molecule has 3 nitrogen and oxygen atoms in total. The topological polar surface area (TPSA) is 49.3 Å². The standard InChI is InChI=1S/C14H21NO2/c1-10(2)8-13(9-16)15-14(17)12-6-4-11(3)5-7-12/h4-7,10,13,16H,8-9H2,1-3H3,(H,15,17). The molecule has 0 spiro atoms. The lowest BCUT2D eigenvalue weighted by Crippen LogP contribution is -2.38. The first kappa shape index (κ1) is 13.7. The van der Waals surface area contributed by atoms with Crippen LogP contribution in [0.25, 0.3) is 0 Å². The summed E-state index contributed by atoms with van der Waals surface area (Å²) in [5.74, 6) is 0.329. The Morgan fingerprint density at radius 3 is 2.35 bits per heavy atom. The minimum atomic E-state index is -0.163. The third-order valence-corrected chi connectivity index (χ3v) is 2.63. The van der Waals surface area contributed by atoms with Crippen LogP contribution in [0.3, 0.4) is 0 Å². The van der Waals surface area contributed by atoms with Gasteiger partial charge in [-0.2, -0.15) is 0 Å². The quantitative estimate of drug-likeness (QED) is 0.821.